The van der Waals surface area contributed by atoms with E-state index in [-0.39, 0.29) is 12.7 Å². The van der Waals surface area contributed by atoms with Crippen molar-refractivity contribution in [3.8, 4) is 0 Å². The van der Waals surface area contributed by atoms with E-state index >= 15 is 0 Å². The minimum Gasteiger partial charge on any atom is -0.126 e. The zero-order valence-electron chi connectivity index (χ0n) is 11.3. The standard InChI is InChI=1S/C17H14Br2S/c1-15(2)16(18)11-7-3-5-9-13(11)17(19,20-15)14-10-6-4-8-12(14)16/h3-10H,1-2H3. The molecule has 0 N–H and O–H groups in total. The van der Waals surface area contributed by atoms with Gasteiger partial charge in [-0.3, -0.25) is 0 Å². The molecule has 2 bridgehead atoms. The summed E-state index contributed by atoms with van der Waals surface area (Å²) in [6.45, 7) is 4.66. The van der Waals surface area contributed by atoms with Gasteiger partial charge in [-0.2, -0.15) is 0 Å². The number of rotatable bonds is 0. The fraction of sp³-hybridized carbons (Fsp3) is 0.294. The molecule has 0 fully saturated rings. The molecule has 0 saturated carbocycles. The predicted molar refractivity (Wildman–Crippen MR) is 94.0 cm³/mol. The zero-order chi connectivity index (χ0) is 14.2. The van der Waals surface area contributed by atoms with Crippen LogP contribution in [0.2, 0.25) is 0 Å². The Morgan fingerprint density at radius 1 is 0.750 bits per heavy atom. The van der Waals surface area contributed by atoms with E-state index in [1.54, 1.807) is 0 Å². The molecule has 2 aromatic rings. The Hall–Kier alpha value is -0.250. The van der Waals surface area contributed by atoms with Crippen molar-refractivity contribution in [2.45, 2.75) is 26.6 Å². The predicted octanol–water partition coefficient (Wildman–Crippen LogP) is 5.76. The Morgan fingerprint density at radius 2 is 1.15 bits per heavy atom. The molecule has 0 aromatic heterocycles. The Labute approximate surface area is 140 Å². The summed E-state index contributed by atoms with van der Waals surface area (Å²) in [7, 11) is 0. The Kier molecular flexibility index (Phi) is 2.64. The zero-order valence-corrected chi connectivity index (χ0v) is 15.3. The van der Waals surface area contributed by atoms with Crippen molar-refractivity contribution >= 4 is 43.6 Å². The van der Waals surface area contributed by atoms with Crippen molar-refractivity contribution in [3.05, 3.63) is 70.8 Å². The van der Waals surface area contributed by atoms with Gasteiger partial charge in [0.05, 0.1) is 4.32 Å². The maximum absolute atomic E-state index is 4.13. The quantitative estimate of drug-likeness (QED) is 0.498. The maximum Gasteiger partial charge on any atom is 0.122 e. The fourth-order valence-corrected chi connectivity index (χ4v) is 8.08. The molecule has 2 heterocycles. The van der Waals surface area contributed by atoms with Crippen LogP contribution < -0.4 is 0 Å². The van der Waals surface area contributed by atoms with Crippen LogP contribution in [0.4, 0.5) is 0 Å². The molecular weight excluding hydrogens is 396 g/mol. The summed E-state index contributed by atoms with van der Waals surface area (Å²) in [5, 5.41) is 0. The van der Waals surface area contributed by atoms with E-state index in [9.17, 15) is 0 Å². The molecule has 3 heteroatoms. The van der Waals surface area contributed by atoms with Crippen LogP contribution in [0.5, 0.6) is 0 Å². The Balaban J connectivity index is 2.20. The SMILES string of the molecule is CC1(C)SC2(Br)c3ccccc3C1(Br)c1ccccc12. The number of hydrogen-bond donors (Lipinski definition) is 0. The highest BCUT2D eigenvalue weighted by molar-refractivity contribution is 9.11. The van der Waals surface area contributed by atoms with E-state index in [1.165, 1.54) is 22.3 Å². The lowest BCUT2D eigenvalue weighted by Gasteiger charge is -2.58. The van der Waals surface area contributed by atoms with Crippen LogP contribution in [0.25, 0.3) is 0 Å². The normalized spacial score (nSPS) is 32.6. The lowest BCUT2D eigenvalue weighted by molar-refractivity contribution is 0.534. The molecule has 20 heavy (non-hydrogen) atoms. The minimum atomic E-state index is -0.140. The van der Waals surface area contributed by atoms with Crippen molar-refractivity contribution in [2.24, 2.45) is 0 Å². The monoisotopic (exact) mass is 408 g/mol. The average molecular weight is 410 g/mol. The molecule has 5 rings (SSSR count). The summed E-state index contributed by atoms with van der Waals surface area (Å²) < 4.78 is -0.203. The van der Waals surface area contributed by atoms with E-state index < -0.39 is 0 Å². The van der Waals surface area contributed by atoms with Gasteiger partial charge in [0.2, 0.25) is 0 Å². The van der Waals surface area contributed by atoms with Crippen molar-refractivity contribution in [2.75, 3.05) is 0 Å². The van der Waals surface area contributed by atoms with Crippen LogP contribution in [0.1, 0.15) is 36.1 Å². The maximum atomic E-state index is 4.13. The van der Waals surface area contributed by atoms with Crippen LogP contribution in [0.3, 0.4) is 0 Å². The van der Waals surface area contributed by atoms with Crippen LogP contribution in [0, 0.1) is 0 Å². The van der Waals surface area contributed by atoms with E-state index in [2.05, 4.69) is 94.2 Å². The van der Waals surface area contributed by atoms with Crippen molar-refractivity contribution in [1.82, 2.24) is 0 Å². The average Bonchev–Trinajstić information content (AvgIpc) is 2.43. The first-order valence-corrected chi connectivity index (χ1v) is 9.09. The second kappa shape index (κ2) is 3.93. The molecule has 2 aliphatic heterocycles. The topological polar surface area (TPSA) is 0 Å². The molecule has 0 atom stereocenters. The number of benzene rings is 2. The smallest absolute Gasteiger partial charge is 0.122 e. The van der Waals surface area contributed by atoms with Gasteiger partial charge in [-0.05, 0) is 36.1 Å². The summed E-state index contributed by atoms with van der Waals surface area (Å²) >= 11 is 10.2. The number of hydrogen-bond acceptors (Lipinski definition) is 1. The van der Waals surface area contributed by atoms with E-state index in [0.717, 1.165) is 0 Å². The molecule has 0 nitrogen and oxygen atoms in total. The summed E-state index contributed by atoms with van der Waals surface area (Å²) in [6.07, 6.45) is 0. The van der Waals surface area contributed by atoms with Gasteiger partial charge in [0.25, 0.3) is 0 Å². The number of halogens is 2. The largest absolute Gasteiger partial charge is 0.126 e. The second-order valence-electron chi connectivity index (χ2n) is 5.96. The Bertz CT molecular complexity index is 673. The van der Waals surface area contributed by atoms with Gasteiger partial charge in [-0.25, -0.2) is 0 Å². The molecule has 2 aromatic carbocycles. The summed E-state index contributed by atoms with van der Waals surface area (Å²) in [5.74, 6) is 0. The molecule has 0 unspecified atom stereocenters. The van der Waals surface area contributed by atoms with Crippen LogP contribution in [-0.4, -0.2) is 4.75 Å². The number of alkyl halides is 2. The molecule has 0 amide bonds. The molecule has 3 aliphatic rings. The third-order valence-corrected chi connectivity index (χ3v) is 9.50. The van der Waals surface area contributed by atoms with Crippen LogP contribution in [0.15, 0.2) is 48.5 Å². The Morgan fingerprint density at radius 3 is 1.60 bits per heavy atom. The molecule has 0 saturated heterocycles. The van der Waals surface area contributed by atoms with E-state index in [1.807, 2.05) is 11.8 Å². The molecular formula is C17H14Br2S. The van der Waals surface area contributed by atoms with E-state index in [4.69, 9.17) is 0 Å². The van der Waals surface area contributed by atoms with Gasteiger partial charge >= 0.3 is 0 Å². The van der Waals surface area contributed by atoms with Crippen LogP contribution in [-0.2, 0) is 7.98 Å². The second-order valence-corrected chi connectivity index (χ2v) is 10.7. The van der Waals surface area contributed by atoms with Crippen LogP contribution >= 0.6 is 43.6 Å². The number of fused-ring (bicyclic) bond motifs is 1. The highest BCUT2D eigenvalue weighted by Crippen LogP contribution is 2.73. The number of thioether (sulfide) groups is 1. The minimum absolute atomic E-state index is 0.0687. The first-order chi connectivity index (χ1) is 9.41. The fourth-order valence-electron chi connectivity index (χ4n) is 3.60. The van der Waals surface area contributed by atoms with Gasteiger partial charge in [0, 0.05) is 4.75 Å². The van der Waals surface area contributed by atoms with Crippen molar-refractivity contribution in [1.29, 1.82) is 0 Å². The summed E-state index contributed by atoms with van der Waals surface area (Å²) in [4.78, 5) is 0. The van der Waals surface area contributed by atoms with Gasteiger partial charge in [0.15, 0.2) is 0 Å². The molecule has 102 valence electrons. The third-order valence-electron chi connectivity index (χ3n) is 4.51. The van der Waals surface area contributed by atoms with Crippen molar-refractivity contribution in [3.63, 3.8) is 0 Å². The highest BCUT2D eigenvalue weighted by Gasteiger charge is 2.63. The highest BCUT2D eigenvalue weighted by atomic mass is 79.9. The summed E-state index contributed by atoms with van der Waals surface area (Å²) in [5.41, 5.74) is 5.53. The lowest BCUT2D eigenvalue weighted by Crippen LogP contribution is -2.53. The van der Waals surface area contributed by atoms with Gasteiger partial charge in [-0.1, -0.05) is 80.4 Å². The summed E-state index contributed by atoms with van der Waals surface area (Å²) in [6, 6.07) is 17.6. The molecule has 0 spiro atoms. The van der Waals surface area contributed by atoms with Gasteiger partial charge in [0.1, 0.15) is 3.66 Å². The molecule has 1 aliphatic carbocycles. The van der Waals surface area contributed by atoms with E-state index in [0.29, 0.717) is 0 Å². The first kappa shape index (κ1) is 13.4. The van der Waals surface area contributed by atoms with Crippen molar-refractivity contribution < 1.29 is 0 Å². The van der Waals surface area contributed by atoms with Gasteiger partial charge < -0.3 is 0 Å². The first-order valence-electron chi connectivity index (χ1n) is 6.69. The molecule has 0 radical (unpaired) electrons. The van der Waals surface area contributed by atoms with Gasteiger partial charge in [-0.15, -0.1) is 11.8 Å². The third kappa shape index (κ3) is 1.35. The lowest BCUT2D eigenvalue weighted by atomic mass is 9.71.